The van der Waals surface area contributed by atoms with Crippen molar-refractivity contribution in [3.8, 4) is 5.75 Å². The van der Waals surface area contributed by atoms with Crippen LogP contribution in [0.25, 0.3) is 6.08 Å². The van der Waals surface area contributed by atoms with Crippen LogP contribution in [0.3, 0.4) is 0 Å². The van der Waals surface area contributed by atoms with Crippen LogP contribution in [0.15, 0.2) is 83.0 Å². The molecule has 5 nitrogen and oxygen atoms in total. The molecule has 0 aliphatic carbocycles. The summed E-state index contributed by atoms with van der Waals surface area (Å²) in [6.07, 6.45) is 1.56. The van der Waals surface area contributed by atoms with Crippen molar-refractivity contribution in [1.29, 1.82) is 0 Å². The summed E-state index contributed by atoms with van der Waals surface area (Å²) in [6, 6.07) is 19.1. The van der Waals surface area contributed by atoms with E-state index in [1.165, 1.54) is 31.4 Å². The Morgan fingerprint density at radius 3 is 2.17 bits per heavy atom. The normalized spacial score (nSPS) is 11.0. The Bertz CT molecular complexity index is 1060. The van der Waals surface area contributed by atoms with Crippen molar-refractivity contribution in [2.24, 2.45) is 0 Å². The van der Waals surface area contributed by atoms with Gasteiger partial charge in [-0.25, -0.2) is 4.39 Å². The Kier molecular flexibility index (Phi) is 6.98. The van der Waals surface area contributed by atoms with Gasteiger partial charge in [-0.05, 0) is 72.3 Å². The average Bonchev–Trinajstić information content (AvgIpc) is 2.76. The van der Waals surface area contributed by atoms with Crippen LogP contribution in [0.4, 0.5) is 10.1 Å². The number of carbonyl (C=O) groups is 2. The van der Waals surface area contributed by atoms with E-state index in [2.05, 4.69) is 26.6 Å². The van der Waals surface area contributed by atoms with Crippen LogP contribution < -0.4 is 15.4 Å². The van der Waals surface area contributed by atoms with Crippen molar-refractivity contribution in [3.05, 3.63) is 99.9 Å². The van der Waals surface area contributed by atoms with E-state index in [1.807, 2.05) is 12.1 Å². The summed E-state index contributed by atoms with van der Waals surface area (Å²) in [7, 11) is 1.54. The highest BCUT2D eigenvalue weighted by molar-refractivity contribution is 9.10. The standard InChI is InChI=1S/C23H18BrFN2O3/c1-30-20-12-4-16(5-13-20)22(28)27-21(14-15-2-6-17(24)7-3-15)23(29)26-19-10-8-18(25)9-11-19/h2-14H,1H3,(H,26,29)(H,27,28). The molecule has 0 saturated heterocycles. The molecule has 0 aliphatic rings. The van der Waals surface area contributed by atoms with Crippen molar-refractivity contribution in [2.75, 3.05) is 12.4 Å². The fraction of sp³-hybridized carbons (Fsp3) is 0.0435. The molecule has 0 heterocycles. The molecule has 30 heavy (non-hydrogen) atoms. The summed E-state index contributed by atoms with van der Waals surface area (Å²) >= 11 is 3.36. The van der Waals surface area contributed by atoms with Gasteiger partial charge in [-0.15, -0.1) is 0 Å². The number of carbonyl (C=O) groups excluding carboxylic acids is 2. The molecule has 2 amide bonds. The molecule has 3 rings (SSSR count). The molecule has 3 aromatic rings. The number of anilines is 1. The van der Waals surface area contributed by atoms with Gasteiger partial charge in [0.15, 0.2) is 0 Å². The van der Waals surface area contributed by atoms with E-state index in [0.29, 0.717) is 17.0 Å². The molecule has 2 N–H and O–H groups in total. The van der Waals surface area contributed by atoms with Crippen LogP contribution in [-0.2, 0) is 4.79 Å². The Morgan fingerprint density at radius 1 is 0.933 bits per heavy atom. The minimum absolute atomic E-state index is 0.0439. The summed E-state index contributed by atoms with van der Waals surface area (Å²) in [4.78, 5) is 25.5. The third kappa shape index (κ3) is 5.78. The average molecular weight is 469 g/mol. The van der Waals surface area contributed by atoms with Gasteiger partial charge in [0, 0.05) is 15.7 Å². The molecule has 0 fully saturated rings. The van der Waals surface area contributed by atoms with E-state index < -0.39 is 17.6 Å². The maximum Gasteiger partial charge on any atom is 0.272 e. The predicted molar refractivity (Wildman–Crippen MR) is 118 cm³/mol. The molecule has 3 aromatic carbocycles. The van der Waals surface area contributed by atoms with Gasteiger partial charge in [-0.2, -0.15) is 0 Å². The third-order valence-electron chi connectivity index (χ3n) is 4.13. The number of ether oxygens (including phenoxy) is 1. The lowest BCUT2D eigenvalue weighted by molar-refractivity contribution is -0.113. The molecule has 0 radical (unpaired) electrons. The Balaban J connectivity index is 1.85. The number of hydrogen-bond acceptors (Lipinski definition) is 3. The number of halogens is 2. The van der Waals surface area contributed by atoms with Crippen LogP contribution in [0.5, 0.6) is 5.75 Å². The zero-order chi connectivity index (χ0) is 21.5. The van der Waals surface area contributed by atoms with E-state index in [9.17, 15) is 14.0 Å². The molecule has 0 aromatic heterocycles. The molecule has 7 heteroatoms. The number of rotatable bonds is 6. The fourth-order valence-electron chi connectivity index (χ4n) is 2.55. The van der Waals surface area contributed by atoms with Crippen molar-refractivity contribution in [1.82, 2.24) is 5.32 Å². The molecule has 0 saturated carbocycles. The lowest BCUT2D eigenvalue weighted by atomic mass is 10.1. The van der Waals surface area contributed by atoms with Crippen LogP contribution in [0.1, 0.15) is 15.9 Å². The highest BCUT2D eigenvalue weighted by Gasteiger charge is 2.15. The minimum atomic E-state index is -0.536. The fourth-order valence-corrected chi connectivity index (χ4v) is 2.82. The first-order chi connectivity index (χ1) is 14.4. The van der Waals surface area contributed by atoms with E-state index >= 15 is 0 Å². The van der Waals surface area contributed by atoms with Gasteiger partial charge in [-0.3, -0.25) is 9.59 Å². The van der Waals surface area contributed by atoms with Gasteiger partial charge in [0.25, 0.3) is 11.8 Å². The van der Waals surface area contributed by atoms with Crippen LogP contribution >= 0.6 is 15.9 Å². The second-order valence-corrected chi connectivity index (χ2v) is 7.17. The zero-order valence-corrected chi connectivity index (χ0v) is 17.6. The number of nitrogens with one attached hydrogen (secondary N) is 2. The Hall–Kier alpha value is -3.45. The summed E-state index contributed by atoms with van der Waals surface area (Å²) in [5.74, 6) is -0.778. The van der Waals surface area contributed by atoms with E-state index in [-0.39, 0.29) is 5.70 Å². The van der Waals surface area contributed by atoms with Crippen molar-refractivity contribution >= 4 is 39.5 Å². The first kappa shape index (κ1) is 21.3. The second kappa shape index (κ2) is 9.84. The molecule has 0 bridgehead atoms. The van der Waals surface area contributed by atoms with E-state index in [1.54, 1.807) is 42.5 Å². The topological polar surface area (TPSA) is 67.4 Å². The Morgan fingerprint density at radius 2 is 1.57 bits per heavy atom. The van der Waals surface area contributed by atoms with Crippen LogP contribution in [0.2, 0.25) is 0 Å². The maximum absolute atomic E-state index is 13.1. The number of amides is 2. The van der Waals surface area contributed by atoms with E-state index in [4.69, 9.17) is 4.74 Å². The van der Waals surface area contributed by atoms with Crippen molar-refractivity contribution in [3.63, 3.8) is 0 Å². The van der Waals surface area contributed by atoms with Gasteiger partial charge < -0.3 is 15.4 Å². The van der Waals surface area contributed by atoms with Crippen molar-refractivity contribution in [2.45, 2.75) is 0 Å². The van der Waals surface area contributed by atoms with Gasteiger partial charge in [0.05, 0.1) is 7.11 Å². The number of hydrogen-bond donors (Lipinski definition) is 2. The largest absolute Gasteiger partial charge is 0.497 e. The molecule has 152 valence electrons. The van der Waals surface area contributed by atoms with Crippen LogP contribution in [-0.4, -0.2) is 18.9 Å². The zero-order valence-electron chi connectivity index (χ0n) is 16.0. The molecular weight excluding hydrogens is 451 g/mol. The number of methoxy groups -OCH3 is 1. The highest BCUT2D eigenvalue weighted by Crippen LogP contribution is 2.16. The summed E-state index contributed by atoms with van der Waals surface area (Å²) in [5.41, 5.74) is 1.54. The summed E-state index contributed by atoms with van der Waals surface area (Å²) < 4.78 is 19.1. The third-order valence-corrected chi connectivity index (χ3v) is 4.66. The monoisotopic (exact) mass is 468 g/mol. The molecule has 0 unspecified atom stereocenters. The van der Waals surface area contributed by atoms with Gasteiger partial charge in [-0.1, -0.05) is 28.1 Å². The lowest BCUT2D eigenvalue weighted by Crippen LogP contribution is -2.30. The minimum Gasteiger partial charge on any atom is -0.497 e. The smallest absolute Gasteiger partial charge is 0.272 e. The Labute approximate surface area is 181 Å². The van der Waals surface area contributed by atoms with Gasteiger partial charge in [0.1, 0.15) is 17.3 Å². The first-order valence-corrected chi connectivity index (χ1v) is 9.73. The van der Waals surface area contributed by atoms with Crippen molar-refractivity contribution < 1.29 is 18.7 Å². The highest BCUT2D eigenvalue weighted by atomic mass is 79.9. The second-order valence-electron chi connectivity index (χ2n) is 6.25. The van der Waals surface area contributed by atoms with Gasteiger partial charge in [0.2, 0.25) is 0 Å². The maximum atomic E-state index is 13.1. The van der Waals surface area contributed by atoms with E-state index in [0.717, 1.165) is 10.0 Å². The van der Waals surface area contributed by atoms with Gasteiger partial charge >= 0.3 is 0 Å². The molecule has 0 atom stereocenters. The predicted octanol–water partition coefficient (Wildman–Crippen LogP) is 5.01. The molecule has 0 spiro atoms. The van der Waals surface area contributed by atoms with Crippen LogP contribution in [0, 0.1) is 5.82 Å². The lowest BCUT2D eigenvalue weighted by Gasteiger charge is -2.12. The quantitative estimate of drug-likeness (QED) is 0.499. The summed E-state index contributed by atoms with van der Waals surface area (Å²) in [6.45, 7) is 0. The molecule has 0 aliphatic heterocycles. The number of benzene rings is 3. The SMILES string of the molecule is COc1ccc(C(=O)NC(=Cc2ccc(Br)cc2)C(=O)Nc2ccc(F)cc2)cc1. The molecular formula is C23H18BrFN2O3. The first-order valence-electron chi connectivity index (χ1n) is 8.94. The summed E-state index contributed by atoms with van der Waals surface area (Å²) in [5, 5.41) is 5.31.